The third-order valence-electron chi connectivity index (χ3n) is 2.92. The zero-order valence-electron chi connectivity index (χ0n) is 13.3. The molecule has 1 aromatic rings. The van der Waals surface area contributed by atoms with Crippen molar-refractivity contribution >= 4 is 5.82 Å². The highest BCUT2D eigenvalue weighted by Crippen LogP contribution is 2.13. The molecule has 0 unspecified atom stereocenters. The average Bonchev–Trinajstić information content (AvgIpc) is 2.33. The first-order valence-electron chi connectivity index (χ1n) is 7.26. The Kier molecular flexibility index (Phi) is 5.80. The quantitative estimate of drug-likeness (QED) is 0.852. The van der Waals surface area contributed by atoms with Gasteiger partial charge in [0.25, 0.3) is 0 Å². The predicted octanol–water partition coefficient (Wildman–Crippen LogP) is 3.45. The van der Waals surface area contributed by atoms with Crippen LogP contribution in [0.25, 0.3) is 0 Å². The maximum atomic E-state index is 4.59. The summed E-state index contributed by atoms with van der Waals surface area (Å²) in [5.74, 6) is 1.74. The highest BCUT2D eigenvalue weighted by molar-refractivity contribution is 5.39. The van der Waals surface area contributed by atoms with Crippen molar-refractivity contribution in [3.05, 3.63) is 23.9 Å². The van der Waals surface area contributed by atoms with Crippen LogP contribution in [-0.2, 0) is 6.54 Å². The topological polar surface area (TPSA) is 28.2 Å². The molecular formula is C16H29N3. The summed E-state index contributed by atoms with van der Waals surface area (Å²) in [6.07, 6.45) is 1.98. The van der Waals surface area contributed by atoms with Crippen LogP contribution in [0.2, 0.25) is 0 Å². The van der Waals surface area contributed by atoms with E-state index >= 15 is 0 Å². The molecule has 0 amide bonds. The van der Waals surface area contributed by atoms with Crippen molar-refractivity contribution < 1.29 is 0 Å². The Bertz CT molecular complexity index is 363. The molecule has 0 atom stereocenters. The summed E-state index contributed by atoms with van der Waals surface area (Å²) in [7, 11) is 0. The smallest absolute Gasteiger partial charge is 0.128 e. The lowest BCUT2D eigenvalue weighted by atomic mass is 10.1. The fourth-order valence-electron chi connectivity index (χ4n) is 1.90. The maximum Gasteiger partial charge on any atom is 0.128 e. The molecule has 108 valence electrons. The Morgan fingerprint density at radius 1 is 1.26 bits per heavy atom. The number of nitrogens with zero attached hydrogens (tertiary/aromatic N) is 2. The molecule has 3 heteroatoms. The van der Waals surface area contributed by atoms with Crippen LogP contribution >= 0.6 is 0 Å². The fraction of sp³-hybridized carbons (Fsp3) is 0.688. The van der Waals surface area contributed by atoms with Crippen molar-refractivity contribution in [2.75, 3.05) is 18.0 Å². The summed E-state index contributed by atoms with van der Waals surface area (Å²) < 4.78 is 0. The van der Waals surface area contributed by atoms with E-state index in [2.05, 4.69) is 68.9 Å². The van der Waals surface area contributed by atoms with E-state index in [1.807, 2.05) is 6.20 Å². The van der Waals surface area contributed by atoms with Gasteiger partial charge >= 0.3 is 0 Å². The van der Waals surface area contributed by atoms with Crippen LogP contribution < -0.4 is 10.2 Å². The lowest BCUT2D eigenvalue weighted by Gasteiger charge is -2.24. The van der Waals surface area contributed by atoms with E-state index in [0.29, 0.717) is 5.92 Å². The van der Waals surface area contributed by atoms with Gasteiger partial charge in [-0.1, -0.05) is 19.9 Å². The zero-order valence-corrected chi connectivity index (χ0v) is 13.3. The lowest BCUT2D eigenvalue weighted by molar-refractivity contribution is 0.424. The minimum atomic E-state index is 0.145. The fourth-order valence-corrected chi connectivity index (χ4v) is 1.90. The van der Waals surface area contributed by atoms with Gasteiger partial charge < -0.3 is 10.2 Å². The second-order valence-corrected chi connectivity index (χ2v) is 6.56. The molecule has 0 aliphatic rings. The number of nitrogens with one attached hydrogen (secondary N) is 1. The summed E-state index contributed by atoms with van der Waals surface area (Å²) in [4.78, 5) is 6.91. The van der Waals surface area contributed by atoms with E-state index in [1.54, 1.807) is 0 Å². The maximum absolute atomic E-state index is 4.59. The van der Waals surface area contributed by atoms with Gasteiger partial charge in [-0.05, 0) is 45.2 Å². The van der Waals surface area contributed by atoms with Gasteiger partial charge in [-0.2, -0.15) is 0 Å². The lowest BCUT2D eigenvalue weighted by Crippen LogP contribution is -2.35. The molecule has 1 rings (SSSR count). The van der Waals surface area contributed by atoms with Crippen LogP contribution in [0.15, 0.2) is 18.3 Å². The van der Waals surface area contributed by atoms with Crippen LogP contribution in [0, 0.1) is 5.92 Å². The molecule has 0 saturated carbocycles. The first-order valence-corrected chi connectivity index (χ1v) is 7.26. The molecule has 0 bridgehead atoms. The number of anilines is 1. The highest BCUT2D eigenvalue weighted by atomic mass is 15.2. The molecule has 0 saturated heterocycles. The van der Waals surface area contributed by atoms with Crippen LogP contribution in [0.5, 0.6) is 0 Å². The summed E-state index contributed by atoms with van der Waals surface area (Å²) in [5.41, 5.74) is 1.38. The molecule has 3 nitrogen and oxygen atoms in total. The predicted molar refractivity (Wildman–Crippen MR) is 83.6 cm³/mol. The summed E-state index contributed by atoms with van der Waals surface area (Å²) >= 11 is 0. The van der Waals surface area contributed by atoms with E-state index in [9.17, 15) is 0 Å². The minimum absolute atomic E-state index is 0.145. The van der Waals surface area contributed by atoms with Crippen molar-refractivity contribution in [2.45, 2.75) is 53.6 Å². The van der Waals surface area contributed by atoms with Crippen LogP contribution in [0.1, 0.15) is 47.1 Å². The number of aromatic nitrogens is 1. The SMILES string of the molecule is CCN(CC(C)C)c1ccc(CNC(C)(C)C)cn1. The van der Waals surface area contributed by atoms with E-state index < -0.39 is 0 Å². The van der Waals surface area contributed by atoms with E-state index in [1.165, 1.54) is 5.56 Å². The van der Waals surface area contributed by atoms with Gasteiger partial charge in [0.05, 0.1) is 0 Å². The Morgan fingerprint density at radius 2 is 1.95 bits per heavy atom. The zero-order chi connectivity index (χ0) is 14.5. The number of hydrogen-bond donors (Lipinski definition) is 1. The summed E-state index contributed by atoms with van der Waals surface area (Å²) in [6, 6.07) is 4.30. The molecule has 0 aliphatic heterocycles. The van der Waals surface area contributed by atoms with Crippen molar-refractivity contribution in [2.24, 2.45) is 5.92 Å². The van der Waals surface area contributed by atoms with Crippen LogP contribution in [0.4, 0.5) is 5.82 Å². The molecule has 0 spiro atoms. The summed E-state index contributed by atoms with van der Waals surface area (Å²) in [6.45, 7) is 16.1. The second kappa shape index (κ2) is 6.90. The number of pyridine rings is 1. The van der Waals surface area contributed by atoms with Crippen LogP contribution in [-0.4, -0.2) is 23.6 Å². The Balaban J connectivity index is 2.64. The van der Waals surface area contributed by atoms with E-state index in [4.69, 9.17) is 0 Å². The molecule has 0 aliphatic carbocycles. The monoisotopic (exact) mass is 263 g/mol. The first kappa shape index (κ1) is 16.0. The van der Waals surface area contributed by atoms with Gasteiger partial charge in [-0.25, -0.2) is 4.98 Å². The second-order valence-electron chi connectivity index (χ2n) is 6.56. The number of rotatable bonds is 6. The van der Waals surface area contributed by atoms with E-state index in [0.717, 1.165) is 25.5 Å². The Morgan fingerprint density at radius 3 is 2.37 bits per heavy atom. The molecule has 0 fully saturated rings. The standard InChI is InChI=1S/C16H29N3/c1-7-19(12-13(2)3)15-9-8-14(10-17-15)11-18-16(4,5)6/h8-10,13,18H,7,11-12H2,1-6H3. The van der Waals surface area contributed by atoms with Crippen LogP contribution in [0.3, 0.4) is 0 Å². The van der Waals surface area contributed by atoms with Crippen molar-refractivity contribution in [3.63, 3.8) is 0 Å². The van der Waals surface area contributed by atoms with Gasteiger partial charge in [0, 0.05) is 31.4 Å². The molecule has 1 heterocycles. The third kappa shape index (κ3) is 6.06. The van der Waals surface area contributed by atoms with Gasteiger partial charge in [0.15, 0.2) is 0 Å². The van der Waals surface area contributed by atoms with Crippen molar-refractivity contribution in [3.8, 4) is 0 Å². The third-order valence-corrected chi connectivity index (χ3v) is 2.92. The minimum Gasteiger partial charge on any atom is -0.357 e. The summed E-state index contributed by atoms with van der Waals surface area (Å²) in [5, 5.41) is 3.48. The number of hydrogen-bond acceptors (Lipinski definition) is 3. The normalized spacial score (nSPS) is 11.9. The largest absolute Gasteiger partial charge is 0.357 e. The Hall–Kier alpha value is -1.09. The molecule has 19 heavy (non-hydrogen) atoms. The first-order chi connectivity index (χ1) is 8.81. The molecule has 1 N–H and O–H groups in total. The van der Waals surface area contributed by atoms with Gasteiger partial charge in [0.1, 0.15) is 5.82 Å². The Labute approximate surface area is 118 Å². The van der Waals surface area contributed by atoms with Gasteiger partial charge in [-0.3, -0.25) is 0 Å². The van der Waals surface area contributed by atoms with Crippen molar-refractivity contribution in [1.82, 2.24) is 10.3 Å². The van der Waals surface area contributed by atoms with Crippen molar-refractivity contribution in [1.29, 1.82) is 0 Å². The highest BCUT2D eigenvalue weighted by Gasteiger charge is 2.10. The van der Waals surface area contributed by atoms with E-state index in [-0.39, 0.29) is 5.54 Å². The molecule has 0 aromatic carbocycles. The molecular weight excluding hydrogens is 234 g/mol. The molecule has 0 radical (unpaired) electrons. The average molecular weight is 263 g/mol. The van der Waals surface area contributed by atoms with Gasteiger partial charge in [-0.15, -0.1) is 0 Å². The van der Waals surface area contributed by atoms with Gasteiger partial charge in [0.2, 0.25) is 0 Å². The molecule has 1 aromatic heterocycles.